The Bertz CT molecular complexity index is 546. The second kappa shape index (κ2) is 4.93. The van der Waals surface area contributed by atoms with Gasteiger partial charge in [0.1, 0.15) is 11.2 Å². The van der Waals surface area contributed by atoms with Gasteiger partial charge in [0, 0.05) is 17.4 Å². The molecule has 0 amide bonds. The molecule has 122 valence electrons. The Balaban J connectivity index is 2.14. The third-order valence-corrected chi connectivity index (χ3v) is 3.79. The number of carbonyl (C=O) groups excluding carboxylic acids is 3. The van der Waals surface area contributed by atoms with E-state index in [1.165, 1.54) is 0 Å². The molecule has 5 heteroatoms. The number of Topliss-reactive ketones (excluding diaryl/α,β-unsaturated/α-hetero) is 1. The summed E-state index contributed by atoms with van der Waals surface area (Å²) in [7, 11) is 0. The predicted octanol–water partition coefficient (Wildman–Crippen LogP) is 2.29. The minimum absolute atomic E-state index is 0.211. The first-order valence-electron chi connectivity index (χ1n) is 7.52. The fourth-order valence-electron chi connectivity index (χ4n) is 3.02. The fraction of sp³-hybridized carbons (Fsp3) is 0.706. The van der Waals surface area contributed by atoms with Crippen LogP contribution in [0, 0.1) is 23.7 Å². The maximum absolute atomic E-state index is 12.3. The molecule has 0 N–H and O–H groups in total. The van der Waals surface area contributed by atoms with Crippen molar-refractivity contribution in [2.75, 3.05) is 0 Å². The van der Waals surface area contributed by atoms with Crippen LogP contribution in [0.4, 0.5) is 0 Å². The van der Waals surface area contributed by atoms with E-state index < -0.39 is 40.9 Å². The Kier molecular flexibility index (Phi) is 3.75. The monoisotopic (exact) mass is 308 g/mol. The second-order valence-electron chi connectivity index (χ2n) is 8.06. The highest BCUT2D eigenvalue weighted by Crippen LogP contribution is 2.61. The summed E-state index contributed by atoms with van der Waals surface area (Å²) in [6, 6.07) is 0. The lowest BCUT2D eigenvalue weighted by Crippen LogP contribution is -2.32. The molecule has 0 aromatic rings. The zero-order valence-electron chi connectivity index (χ0n) is 14.1. The molecule has 4 atom stereocenters. The van der Waals surface area contributed by atoms with Gasteiger partial charge >= 0.3 is 11.9 Å². The van der Waals surface area contributed by atoms with E-state index in [2.05, 4.69) is 6.58 Å². The standard InChI is InChI=1S/C17H24O5/c1-8-9(14(19)21-16(2,3)4)10-11(13(8)18)12(10)15(20)22-17(5,6)7/h9-12H,1H2,2-7H3/t9-,10+,11-,12?/m1/s1. The van der Waals surface area contributed by atoms with Crippen LogP contribution in [0.25, 0.3) is 0 Å². The van der Waals surface area contributed by atoms with Gasteiger partial charge in [0.05, 0.1) is 11.8 Å². The largest absolute Gasteiger partial charge is 0.460 e. The molecule has 2 aliphatic rings. The van der Waals surface area contributed by atoms with Crippen LogP contribution in [-0.4, -0.2) is 28.9 Å². The Morgan fingerprint density at radius 2 is 1.41 bits per heavy atom. The van der Waals surface area contributed by atoms with E-state index >= 15 is 0 Å². The molecule has 0 saturated heterocycles. The molecule has 0 bridgehead atoms. The zero-order valence-corrected chi connectivity index (χ0v) is 14.1. The second-order valence-corrected chi connectivity index (χ2v) is 8.06. The Hall–Kier alpha value is -1.65. The lowest BCUT2D eigenvalue weighted by Gasteiger charge is -2.24. The predicted molar refractivity (Wildman–Crippen MR) is 79.8 cm³/mol. The minimum atomic E-state index is -0.728. The normalized spacial score (nSPS) is 30.8. The molecular weight excluding hydrogens is 284 g/mol. The topological polar surface area (TPSA) is 69.7 Å². The molecule has 2 saturated carbocycles. The molecule has 0 aliphatic heterocycles. The number of fused-ring (bicyclic) bond motifs is 1. The van der Waals surface area contributed by atoms with E-state index in [0.717, 1.165) is 0 Å². The number of ketones is 1. The maximum Gasteiger partial charge on any atom is 0.314 e. The van der Waals surface area contributed by atoms with Crippen molar-refractivity contribution in [1.29, 1.82) is 0 Å². The summed E-state index contributed by atoms with van der Waals surface area (Å²) in [5.74, 6) is -3.22. The van der Waals surface area contributed by atoms with Gasteiger partial charge in [0.2, 0.25) is 0 Å². The summed E-state index contributed by atoms with van der Waals surface area (Å²) < 4.78 is 10.7. The van der Waals surface area contributed by atoms with Gasteiger partial charge in [-0.2, -0.15) is 0 Å². The molecule has 2 aliphatic carbocycles. The highest BCUT2D eigenvalue weighted by molar-refractivity contribution is 6.10. The molecule has 0 aromatic carbocycles. The van der Waals surface area contributed by atoms with E-state index in [1.807, 2.05) is 0 Å². The third kappa shape index (κ3) is 3.08. The summed E-state index contributed by atoms with van der Waals surface area (Å²) in [6.45, 7) is 14.3. The Morgan fingerprint density at radius 3 is 1.86 bits per heavy atom. The van der Waals surface area contributed by atoms with Crippen LogP contribution in [-0.2, 0) is 23.9 Å². The van der Waals surface area contributed by atoms with Crippen molar-refractivity contribution in [3.05, 3.63) is 12.2 Å². The third-order valence-electron chi connectivity index (χ3n) is 3.79. The molecule has 1 unspecified atom stereocenters. The summed E-state index contributed by atoms with van der Waals surface area (Å²) >= 11 is 0. The highest BCUT2D eigenvalue weighted by Gasteiger charge is 2.70. The van der Waals surface area contributed by atoms with E-state index in [-0.39, 0.29) is 17.3 Å². The van der Waals surface area contributed by atoms with Crippen LogP contribution in [0.1, 0.15) is 41.5 Å². The van der Waals surface area contributed by atoms with Crippen LogP contribution in [0.5, 0.6) is 0 Å². The molecule has 0 heterocycles. The SMILES string of the molecule is C=C1C(=O)[C@H]2C(C(=O)OC(C)(C)C)[C@H]2[C@@H]1C(=O)OC(C)(C)C. The lowest BCUT2D eigenvalue weighted by molar-refractivity contribution is -0.161. The van der Waals surface area contributed by atoms with Crippen LogP contribution in [0.3, 0.4) is 0 Å². The number of rotatable bonds is 2. The van der Waals surface area contributed by atoms with Crippen LogP contribution < -0.4 is 0 Å². The van der Waals surface area contributed by atoms with E-state index in [1.54, 1.807) is 41.5 Å². The van der Waals surface area contributed by atoms with Gasteiger partial charge in [-0.25, -0.2) is 0 Å². The van der Waals surface area contributed by atoms with Crippen LogP contribution in [0.2, 0.25) is 0 Å². The first-order valence-corrected chi connectivity index (χ1v) is 7.52. The van der Waals surface area contributed by atoms with Crippen molar-refractivity contribution in [2.45, 2.75) is 52.7 Å². The Morgan fingerprint density at radius 1 is 0.955 bits per heavy atom. The molecule has 2 fully saturated rings. The molecule has 5 nitrogen and oxygen atoms in total. The van der Waals surface area contributed by atoms with Gasteiger partial charge in [0.15, 0.2) is 5.78 Å². The minimum Gasteiger partial charge on any atom is -0.460 e. The van der Waals surface area contributed by atoms with Crippen molar-refractivity contribution in [1.82, 2.24) is 0 Å². The van der Waals surface area contributed by atoms with E-state index in [9.17, 15) is 14.4 Å². The molecule has 2 rings (SSSR count). The first kappa shape index (κ1) is 16.7. The average molecular weight is 308 g/mol. The van der Waals surface area contributed by atoms with Crippen molar-refractivity contribution >= 4 is 17.7 Å². The Labute approximate surface area is 131 Å². The van der Waals surface area contributed by atoms with Crippen molar-refractivity contribution in [3.8, 4) is 0 Å². The average Bonchev–Trinajstić information content (AvgIpc) is 2.92. The summed E-state index contributed by atoms with van der Waals surface area (Å²) in [5, 5.41) is 0. The molecule has 0 aromatic heterocycles. The quantitative estimate of drug-likeness (QED) is 0.578. The van der Waals surface area contributed by atoms with Gasteiger partial charge in [-0.3, -0.25) is 14.4 Å². The highest BCUT2D eigenvalue weighted by atomic mass is 16.6. The van der Waals surface area contributed by atoms with Crippen LogP contribution in [0.15, 0.2) is 12.2 Å². The van der Waals surface area contributed by atoms with Crippen molar-refractivity contribution < 1.29 is 23.9 Å². The zero-order chi connectivity index (χ0) is 17.0. The number of hydrogen-bond donors (Lipinski definition) is 0. The summed E-state index contributed by atoms with van der Waals surface area (Å²) in [6.07, 6.45) is 0. The van der Waals surface area contributed by atoms with Crippen LogP contribution >= 0.6 is 0 Å². The van der Waals surface area contributed by atoms with Gasteiger partial charge in [-0.15, -0.1) is 0 Å². The number of esters is 2. The first-order chi connectivity index (χ1) is 9.83. The maximum atomic E-state index is 12.3. The number of carbonyl (C=O) groups is 3. The van der Waals surface area contributed by atoms with E-state index in [4.69, 9.17) is 9.47 Å². The van der Waals surface area contributed by atoms with Crippen molar-refractivity contribution in [2.24, 2.45) is 23.7 Å². The van der Waals surface area contributed by atoms with E-state index in [0.29, 0.717) is 0 Å². The number of hydrogen-bond acceptors (Lipinski definition) is 5. The fourth-order valence-corrected chi connectivity index (χ4v) is 3.02. The molecule has 0 spiro atoms. The molecule has 0 radical (unpaired) electrons. The smallest absolute Gasteiger partial charge is 0.314 e. The van der Waals surface area contributed by atoms with Gasteiger partial charge in [0.25, 0.3) is 0 Å². The van der Waals surface area contributed by atoms with Gasteiger partial charge in [-0.1, -0.05) is 6.58 Å². The summed E-state index contributed by atoms with van der Waals surface area (Å²) in [5.41, 5.74) is -1.01. The molecule has 22 heavy (non-hydrogen) atoms. The van der Waals surface area contributed by atoms with Crippen molar-refractivity contribution in [3.63, 3.8) is 0 Å². The summed E-state index contributed by atoms with van der Waals surface area (Å²) in [4.78, 5) is 36.7. The van der Waals surface area contributed by atoms with Gasteiger partial charge < -0.3 is 9.47 Å². The molecular formula is C17H24O5. The number of ether oxygens (including phenoxy) is 2. The lowest BCUT2D eigenvalue weighted by atomic mass is 9.94. The van der Waals surface area contributed by atoms with Gasteiger partial charge in [-0.05, 0) is 41.5 Å².